The molecule has 0 unspecified atom stereocenters. The van der Waals surface area contributed by atoms with E-state index < -0.39 is 29.8 Å². The van der Waals surface area contributed by atoms with Crippen LogP contribution in [0.4, 0.5) is 19.0 Å². The van der Waals surface area contributed by atoms with Crippen molar-refractivity contribution < 1.29 is 22.7 Å². The van der Waals surface area contributed by atoms with Crippen molar-refractivity contribution >= 4 is 11.8 Å². The predicted molar refractivity (Wildman–Crippen MR) is 86.7 cm³/mol. The van der Waals surface area contributed by atoms with Crippen LogP contribution in [0, 0.1) is 0 Å². The highest BCUT2D eigenvalue weighted by Gasteiger charge is 2.47. The maximum atomic E-state index is 13.6. The number of aryl methyl sites for hydroxylation is 1. The van der Waals surface area contributed by atoms with Gasteiger partial charge in [-0.1, -0.05) is 0 Å². The average Bonchev–Trinajstić information content (AvgIpc) is 3.09. The van der Waals surface area contributed by atoms with Crippen molar-refractivity contribution in [2.75, 3.05) is 5.32 Å². The molecule has 26 heavy (non-hydrogen) atoms. The molecule has 1 aliphatic rings. The number of esters is 1. The van der Waals surface area contributed by atoms with Gasteiger partial charge in [0.25, 0.3) is 0 Å². The molecule has 2 aromatic heterocycles. The molecule has 2 aromatic rings. The number of hydrogen-bond donors (Lipinski definition) is 1. The number of aromatic nitrogens is 4. The molecule has 0 aliphatic carbocycles. The highest BCUT2D eigenvalue weighted by atomic mass is 19.4. The average molecular weight is 371 g/mol. The summed E-state index contributed by atoms with van der Waals surface area (Å²) in [5, 5.41) is 10.9. The van der Waals surface area contributed by atoms with Crippen LogP contribution in [0.5, 0.6) is 0 Å². The number of alkyl halides is 3. The van der Waals surface area contributed by atoms with Crippen LogP contribution in [-0.4, -0.2) is 37.3 Å². The third-order valence-corrected chi connectivity index (χ3v) is 3.93. The van der Waals surface area contributed by atoms with Gasteiger partial charge in [0.15, 0.2) is 11.7 Å². The van der Waals surface area contributed by atoms with Crippen LogP contribution in [0.1, 0.15) is 55.3 Å². The van der Waals surface area contributed by atoms with Crippen LogP contribution in [0.25, 0.3) is 0 Å². The van der Waals surface area contributed by atoms with Gasteiger partial charge in [-0.05, 0) is 20.8 Å². The molecule has 3 heterocycles. The van der Waals surface area contributed by atoms with Crippen LogP contribution in [0.3, 0.4) is 0 Å². The molecule has 3 rings (SSSR count). The summed E-state index contributed by atoms with van der Waals surface area (Å²) in [6.45, 7) is 5.03. The van der Waals surface area contributed by atoms with Gasteiger partial charge < -0.3 is 10.1 Å². The highest BCUT2D eigenvalue weighted by molar-refractivity contribution is 5.88. The number of nitrogens with zero attached hydrogens (tertiary/aromatic N) is 4. The molecule has 10 heteroatoms. The summed E-state index contributed by atoms with van der Waals surface area (Å²) in [5.41, 5.74) is -0.299. The minimum atomic E-state index is -4.51. The van der Waals surface area contributed by atoms with Gasteiger partial charge in [0.05, 0.1) is 12.2 Å². The van der Waals surface area contributed by atoms with Gasteiger partial charge in [-0.15, -0.1) is 0 Å². The van der Waals surface area contributed by atoms with Crippen molar-refractivity contribution in [2.45, 2.75) is 51.1 Å². The standard InChI is InChI=1S/C16H20F3N5O2/c1-15(2,3)26-14(25)11-6-13-21-10(9-7-20-23(4)8-9)5-12(16(17,18)19)24(13)22-11/h6-8,10,12,21H,5H2,1-4H3/t10-,12+/m0/s1. The van der Waals surface area contributed by atoms with Crippen molar-refractivity contribution in [1.29, 1.82) is 0 Å². The lowest BCUT2D eigenvalue weighted by atomic mass is 9.99. The molecule has 142 valence electrons. The van der Waals surface area contributed by atoms with E-state index in [2.05, 4.69) is 15.5 Å². The number of nitrogens with one attached hydrogen (secondary N) is 1. The molecule has 0 aromatic carbocycles. The summed E-state index contributed by atoms with van der Waals surface area (Å²) in [7, 11) is 1.69. The van der Waals surface area contributed by atoms with Crippen molar-refractivity contribution in [2.24, 2.45) is 7.05 Å². The van der Waals surface area contributed by atoms with Crippen LogP contribution >= 0.6 is 0 Å². The monoisotopic (exact) mass is 371 g/mol. The van der Waals surface area contributed by atoms with Gasteiger partial charge in [0.2, 0.25) is 0 Å². The van der Waals surface area contributed by atoms with Crippen molar-refractivity contribution in [3.63, 3.8) is 0 Å². The number of carbonyl (C=O) groups excluding carboxylic acids is 1. The predicted octanol–water partition coefficient (Wildman–Crippen LogP) is 3.23. The number of ether oxygens (including phenoxy) is 1. The third-order valence-electron chi connectivity index (χ3n) is 3.93. The molecule has 0 amide bonds. The number of rotatable bonds is 2. The van der Waals surface area contributed by atoms with Gasteiger partial charge in [0, 0.05) is 31.3 Å². The van der Waals surface area contributed by atoms with Gasteiger partial charge in [-0.3, -0.25) is 4.68 Å². The van der Waals surface area contributed by atoms with Crippen LogP contribution < -0.4 is 5.32 Å². The smallest absolute Gasteiger partial charge is 0.410 e. The van der Waals surface area contributed by atoms with E-state index in [1.807, 2.05) is 0 Å². The fourth-order valence-electron chi connectivity index (χ4n) is 2.84. The topological polar surface area (TPSA) is 74.0 Å². The number of halogens is 3. The molecule has 1 aliphatic heterocycles. The van der Waals surface area contributed by atoms with E-state index in [9.17, 15) is 18.0 Å². The van der Waals surface area contributed by atoms with E-state index in [0.29, 0.717) is 5.56 Å². The highest BCUT2D eigenvalue weighted by Crippen LogP contribution is 2.43. The molecule has 0 fully saturated rings. The summed E-state index contributed by atoms with van der Waals surface area (Å²) in [4.78, 5) is 12.2. The fourth-order valence-corrected chi connectivity index (χ4v) is 2.84. The van der Waals surface area contributed by atoms with Crippen molar-refractivity contribution in [1.82, 2.24) is 19.6 Å². The lowest BCUT2D eigenvalue weighted by molar-refractivity contribution is -0.173. The molecule has 2 atom stereocenters. The van der Waals surface area contributed by atoms with Gasteiger partial charge in [-0.2, -0.15) is 23.4 Å². The third kappa shape index (κ3) is 3.68. The first-order chi connectivity index (χ1) is 11.9. The van der Waals surface area contributed by atoms with Crippen molar-refractivity contribution in [3.05, 3.63) is 29.7 Å². The Morgan fingerprint density at radius 1 is 1.35 bits per heavy atom. The number of fused-ring (bicyclic) bond motifs is 1. The normalized spacial score (nSPS) is 20.4. The first-order valence-corrected chi connectivity index (χ1v) is 8.09. The molecule has 0 saturated carbocycles. The van der Waals surface area contributed by atoms with E-state index in [0.717, 1.165) is 4.68 Å². The van der Waals surface area contributed by atoms with Crippen LogP contribution in [-0.2, 0) is 11.8 Å². The second kappa shape index (κ2) is 6.03. The largest absolute Gasteiger partial charge is 0.455 e. The molecule has 0 bridgehead atoms. The number of hydrogen-bond acceptors (Lipinski definition) is 5. The summed E-state index contributed by atoms with van der Waals surface area (Å²) < 4.78 is 48.2. The number of anilines is 1. The van der Waals surface area contributed by atoms with E-state index >= 15 is 0 Å². The van der Waals surface area contributed by atoms with E-state index in [4.69, 9.17) is 4.74 Å². The SMILES string of the molecule is Cn1cc([C@@H]2C[C@H](C(F)(F)F)n3nc(C(=O)OC(C)(C)C)cc3N2)cn1. The second-order valence-electron chi connectivity index (χ2n) is 7.30. The quantitative estimate of drug-likeness (QED) is 0.821. The summed E-state index contributed by atoms with van der Waals surface area (Å²) in [6, 6.07) is -1.15. The second-order valence-corrected chi connectivity index (χ2v) is 7.30. The van der Waals surface area contributed by atoms with Crippen LogP contribution in [0.2, 0.25) is 0 Å². The molecule has 0 spiro atoms. The van der Waals surface area contributed by atoms with Crippen molar-refractivity contribution in [3.8, 4) is 0 Å². The first-order valence-electron chi connectivity index (χ1n) is 8.09. The Kier molecular flexibility index (Phi) is 4.24. The Morgan fingerprint density at radius 2 is 2.04 bits per heavy atom. The fraction of sp³-hybridized carbons (Fsp3) is 0.562. The Hall–Kier alpha value is -2.52. The Labute approximate surface area is 148 Å². The maximum absolute atomic E-state index is 13.6. The Morgan fingerprint density at radius 3 is 2.58 bits per heavy atom. The zero-order chi connectivity index (χ0) is 19.3. The molecular formula is C16H20F3N5O2. The van der Waals surface area contributed by atoms with Gasteiger partial charge >= 0.3 is 12.1 Å². The minimum Gasteiger partial charge on any atom is -0.455 e. The van der Waals surface area contributed by atoms with Gasteiger partial charge in [0.1, 0.15) is 11.4 Å². The minimum absolute atomic E-state index is 0.119. The molecule has 0 saturated heterocycles. The summed E-state index contributed by atoms with van der Waals surface area (Å²) in [5.74, 6) is -0.645. The Bertz CT molecular complexity index is 819. The number of carbonyl (C=O) groups is 1. The summed E-state index contributed by atoms with van der Waals surface area (Å²) >= 11 is 0. The first kappa shape index (κ1) is 18.3. The lowest BCUT2D eigenvalue weighted by Crippen LogP contribution is -2.35. The van der Waals surface area contributed by atoms with E-state index in [-0.39, 0.29) is 17.9 Å². The molecule has 7 nitrogen and oxygen atoms in total. The zero-order valence-electron chi connectivity index (χ0n) is 14.8. The summed E-state index contributed by atoms with van der Waals surface area (Å²) in [6.07, 6.45) is -1.58. The maximum Gasteiger partial charge on any atom is 0.410 e. The molecule has 0 radical (unpaired) electrons. The molecular weight excluding hydrogens is 351 g/mol. The van der Waals surface area contributed by atoms with E-state index in [1.54, 1.807) is 34.0 Å². The van der Waals surface area contributed by atoms with Gasteiger partial charge in [-0.25, -0.2) is 9.48 Å². The Balaban J connectivity index is 1.95. The van der Waals surface area contributed by atoms with E-state index in [1.165, 1.54) is 16.9 Å². The molecule has 1 N–H and O–H groups in total. The lowest BCUT2D eigenvalue weighted by Gasteiger charge is -2.32. The van der Waals surface area contributed by atoms with Crippen LogP contribution in [0.15, 0.2) is 18.5 Å². The zero-order valence-corrected chi connectivity index (χ0v) is 14.8.